The smallest absolute Gasteiger partial charge is 0.232 e. The second-order valence-electron chi connectivity index (χ2n) is 9.03. The summed E-state index contributed by atoms with van der Waals surface area (Å²) in [5.41, 5.74) is -1.41. The van der Waals surface area contributed by atoms with Crippen molar-refractivity contribution in [3.63, 3.8) is 0 Å². The second-order valence-corrected chi connectivity index (χ2v) is 9.03. The molecule has 0 aliphatic carbocycles. The first-order valence-corrected chi connectivity index (χ1v) is 9.25. The molecule has 0 saturated carbocycles. The summed E-state index contributed by atoms with van der Waals surface area (Å²) < 4.78 is 30.7. The number of hydrogen-bond acceptors (Lipinski definition) is 6. The predicted octanol–water partition coefficient (Wildman–Crippen LogP) is 1.15. The maximum Gasteiger partial charge on any atom is 0.232 e. The van der Waals surface area contributed by atoms with E-state index in [0.29, 0.717) is 17.6 Å². The van der Waals surface area contributed by atoms with Crippen molar-refractivity contribution in [2.75, 3.05) is 32.8 Å². The van der Waals surface area contributed by atoms with Gasteiger partial charge in [-0.3, -0.25) is 0 Å². The van der Waals surface area contributed by atoms with Crippen LogP contribution in [-0.2, 0) is 23.7 Å². The van der Waals surface area contributed by atoms with Crippen LogP contribution in [0.25, 0.3) is 0 Å². The van der Waals surface area contributed by atoms with E-state index >= 15 is 0 Å². The summed E-state index contributed by atoms with van der Waals surface area (Å²) in [7, 11) is 4.38. The van der Waals surface area contributed by atoms with E-state index in [0.717, 1.165) is 25.9 Å². The fourth-order valence-electron chi connectivity index (χ4n) is 4.82. The minimum absolute atomic E-state index is 0. The Kier molecular flexibility index (Phi) is 5.05. The molecule has 1 spiro atoms. The van der Waals surface area contributed by atoms with Gasteiger partial charge in [-0.25, -0.2) is 0 Å². The third kappa shape index (κ3) is 3.23. The van der Waals surface area contributed by atoms with Crippen LogP contribution < -0.4 is 0 Å². The first-order chi connectivity index (χ1) is 11.5. The number of fused-ring (bicyclic) bond motifs is 1. The van der Waals surface area contributed by atoms with Gasteiger partial charge in [0.05, 0.1) is 26.2 Å². The van der Waals surface area contributed by atoms with Crippen molar-refractivity contribution in [2.45, 2.75) is 75.7 Å². The SMILES string of the molecule is [Am].[CH2-][N+]1(C[C@@]2(O)[C@@H]3OC(C)(C)O[C@@H]3CO[C@]23COC(C)(C)O3)CCCC1. The Bertz CT molecular complexity index is 550. The summed E-state index contributed by atoms with van der Waals surface area (Å²) >= 11 is 0. The summed E-state index contributed by atoms with van der Waals surface area (Å²) in [5, 5.41) is 12.0. The van der Waals surface area contributed by atoms with E-state index in [-0.39, 0.29) is 27.0 Å². The average Bonchev–Trinajstić information content (AvgIpc) is 3.12. The van der Waals surface area contributed by atoms with Gasteiger partial charge in [0, 0.05) is 14.3 Å². The van der Waals surface area contributed by atoms with Crippen molar-refractivity contribution in [2.24, 2.45) is 0 Å². The number of aliphatic hydroxyl groups is 1. The van der Waals surface area contributed by atoms with Crippen LogP contribution in [0.5, 0.6) is 0 Å². The van der Waals surface area contributed by atoms with Gasteiger partial charge in [0.2, 0.25) is 5.79 Å². The first kappa shape index (κ1) is 20.8. The van der Waals surface area contributed by atoms with E-state index in [1.807, 2.05) is 27.7 Å². The zero-order valence-corrected chi connectivity index (χ0v) is 19.3. The largest absolute Gasteiger partial charge is 0.454 e. The zero-order valence-electron chi connectivity index (χ0n) is 16.1. The molecular weight excluding hydrogens is 569 g/mol. The zero-order chi connectivity index (χ0) is 18.1. The van der Waals surface area contributed by atoms with Crippen molar-refractivity contribution in [1.82, 2.24) is 0 Å². The van der Waals surface area contributed by atoms with Gasteiger partial charge in [0.1, 0.15) is 18.8 Å². The Morgan fingerprint density at radius 3 is 2.27 bits per heavy atom. The second kappa shape index (κ2) is 6.31. The van der Waals surface area contributed by atoms with Crippen LogP contribution in [0.3, 0.4) is 0 Å². The van der Waals surface area contributed by atoms with Gasteiger partial charge in [-0.05, 0) is 40.5 Å². The molecule has 8 heteroatoms. The van der Waals surface area contributed by atoms with E-state index in [2.05, 4.69) is 7.05 Å². The van der Waals surface area contributed by atoms with Crippen LogP contribution in [0.1, 0.15) is 40.5 Å². The van der Waals surface area contributed by atoms with E-state index in [4.69, 9.17) is 23.7 Å². The quantitative estimate of drug-likeness (QED) is 0.379. The number of hydrogen-bond donors (Lipinski definition) is 1. The Balaban J connectivity index is 0.00000196. The van der Waals surface area contributed by atoms with Gasteiger partial charge in [0.15, 0.2) is 17.2 Å². The van der Waals surface area contributed by atoms with Crippen LogP contribution in [0.2, 0.25) is 0 Å². The fourth-order valence-corrected chi connectivity index (χ4v) is 4.82. The van der Waals surface area contributed by atoms with Crippen molar-refractivity contribution in [3.8, 4) is 0 Å². The fraction of sp³-hybridized carbons (Fsp3) is 0.944. The molecule has 0 unspecified atom stereocenters. The number of ether oxygens (including phenoxy) is 5. The monoisotopic (exact) mass is 598 g/mol. The molecular formula is C18H31AmNO6. The summed E-state index contributed by atoms with van der Waals surface area (Å²) in [4.78, 5) is 0. The Morgan fingerprint density at radius 1 is 1.04 bits per heavy atom. The molecule has 0 aromatic rings. The van der Waals surface area contributed by atoms with Gasteiger partial charge in [-0.2, -0.15) is 0 Å². The molecule has 4 atom stereocenters. The van der Waals surface area contributed by atoms with Gasteiger partial charge in [-0.1, -0.05) is 0 Å². The van der Waals surface area contributed by atoms with Crippen LogP contribution in [0, 0.1) is 21.3 Å². The molecule has 7 nitrogen and oxygen atoms in total. The van der Waals surface area contributed by atoms with Gasteiger partial charge in [0.25, 0.3) is 0 Å². The number of likely N-dealkylation sites (tertiary alicyclic amines) is 1. The minimum Gasteiger partial charge on any atom is -0.454 e. The predicted molar refractivity (Wildman–Crippen MR) is 88.0 cm³/mol. The van der Waals surface area contributed by atoms with Crippen molar-refractivity contribution < 1.29 is 47.6 Å². The Morgan fingerprint density at radius 2 is 1.69 bits per heavy atom. The van der Waals surface area contributed by atoms with Crippen LogP contribution >= 0.6 is 0 Å². The summed E-state index contributed by atoms with van der Waals surface area (Å²) in [6.07, 6.45) is 1.32. The molecule has 26 heavy (non-hydrogen) atoms. The van der Waals surface area contributed by atoms with Crippen LogP contribution in [0.15, 0.2) is 0 Å². The van der Waals surface area contributed by atoms with Crippen LogP contribution in [0.4, 0.5) is 0 Å². The maximum absolute atomic E-state index is 12.0. The third-order valence-corrected chi connectivity index (χ3v) is 5.91. The van der Waals surface area contributed by atoms with Crippen molar-refractivity contribution >= 4 is 0 Å². The topological polar surface area (TPSA) is 66.4 Å². The standard InChI is InChI=1S/C18H31NO6.Am/c1-15(2)22-12-18(25-15)17(20,11-19(5)8-6-7-9-19)14-13(10-21-18)23-16(3,4)24-14;/h13-14,20H,5-12H2,1-4H3;/t13-,14-,17-,18+;/m1./s1. The molecule has 0 aromatic carbocycles. The summed E-state index contributed by atoms with van der Waals surface area (Å²) in [5.74, 6) is -2.87. The van der Waals surface area contributed by atoms with Gasteiger partial charge >= 0.3 is 0 Å². The summed E-state index contributed by atoms with van der Waals surface area (Å²) in [6.45, 7) is 10.1. The molecule has 4 saturated heterocycles. The summed E-state index contributed by atoms with van der Waals surface area (Å²) in [6, 6.07) is 0. The molecule has 4 aliphatic heterocycles. The van der Waals surface area contributed by atoms with E-state index in [1.165, 1.54) is 0 Å². The normalized spacial score (nSPS) is 45.5. The molecule has 1 radical (unpaired) electrons. The number of rotatable bonds is 2. The first-order valence-electron chi connectivity index (χ1n) is 9.25. The molecule has 0 bridgehead atoms. The van der Waals surface area contributed by atoms with Crippen LogP contribution in [-0.4, -0.2) is 77.6 Å². The molecule has 4 aliphatic rings. The maximum atomic E-state index is 12.0. The van der Waals surface area contributed by atoms with Crippen molar-refractivity contribution in [3.05, 3.63) is 7.05 Å². The molecule has 1 N–H and O–H groups in total. The van der Waals surface area contributed by atoms with Gasteiger partial charge in [-0.15, -0.1) is 7.05 Å². The minimum atomic E-state index is -1.41. The van der Waals surface area contributed by atoms with E-state index < -0.39 is 29.1 Å². The Hall–Kier alpha value is 0.110. The van der Waals surface area contributed by atoms with E-state index in [9.17, 15) is 5.11 Å². The molecule has 0 amide bonds. The van der Waals surface area contributed by atoms with Crippen molar-refractivity contribution in [1.29, 1.82) is 0 Å². The third-order valence-electron chi connectivity index (χ3n) is 5.91. The average molecular weight is 600 g/mol. The molecule has 4 fully saturated rings. The molecule has 4 rings (SSSR count). The number of quaternary nitrogens is 1. The Labute approximate surface area is 163 Å². The van der Waals surface area contributed by atoms with Gasteiger partial charge < -0.3 is 33.3 Å². The molecule has 0 aromatic heterocycles. The van der Waals surface area contributed by atoms with E-state index in [1.54, 1.807) is 0 Å². The molecule has 151 valence electrons. The molecule has 4 heterocycles. The number of nitrogens with zero attached hydrogens (tertiary/aromatic N) is 1.